The highest BCUT2D eigenvalue weighted by molar-refractivity contribution is 8.13. The molecule has 0 fully saturated rings. The minimum absolute atomic E-state index is 0.0142. The third-order valence-corrected chi connectivity index (χ3v) is 3.45. The predicted octanol–water partition coefficient (Wildman–Crippen LogP) is 1.90. The van der Waals surface area contributed by atoms with Crippen molar-refractivity contribution < 1.29 is 24.1 Å². The summed E-state index contributed by atoms with van der Waals surface area (Å²) in [5, 5.41) is 19.6. The molecule has 0 spiro atoms. The number of thioether (sulfide) groups is 1. The summed E-state index contributed by atoms with van der Waals surface area (Å²) < 4.78 is 18.5. The Kier molecular flexibility index (Phi) is 6.27. The van der Waals surface area contributed by atoms with Crippen molar-refractivity contribution in [3.8, 4) is 5.75 Å². The Morgan fingerprint density at radius 3 is 2.74 bits per heavy atom. The van der Waals surface area contributed by atoms with E-state index in [9.17, 15) is 19.4 Å². The van der Waals surface area contributed by atoms with Crippen LogP contribution < -0.4 is 4.74 Å². The number of hydrogen-bond donors (Lipinski definition) is 2. The number of rotatable bonds is 6. The Balaban J connectivity index is 2.70. The Morgan fingerprint density at radius 2 is 2.16 bits per heavy atom. The van der Waals surface area contributed by atoms with Gasteiger partial charge in [-0.05, 0) is 24.6 Å². The van der Waals surface area contributed by atoms with Gasteiger partial charge in [-0.15, -0.1) is 0 Å². The standard InChI is InChI=1S/C13H17FO4S/c1-8(15)19-6-5-12(16)13(17)10-7-9(18-2)3-4-11(10)14/h3-4,7,12-13,16-17H,5-6H2,1-2H3. The topological polar surface area (TPSA) is 66.8 Å². The van der Waals surface area contributed by atoms with Gasteiger partial charge in [0.1, 0.15) is 17.7 Å². The SMILES string of the molecule is COc1ccc(F)c(C(O)C(O)CCSC(C)=O)c1. The molecule has 0 aliphatic heterocycles. The van der Waals surface area contributed by atoms with Gasteiger partial charge in [0.25, 0.3) is 0 Å². The van der Waals surface area contributed by atoms with Crippen LogP contribution in [0.25, 0.3) is 0 Å². The molecule has 2 atom stereocenters. The first-order valence-electron chi connectivity index (χ1n) is 5.78. The van der Waals surface area contributed by atoms with Gasteiger partial charge < -0.3 is 14.9 Å². The maximum atomic E-state index is 13.6. The molecule has 0 saturated carbocycles. The van der Waals surface area contributed by atoms with Gasteiger partial charge in [-0.1, -0.05) is 11.8 Å². The van der Waals surface area contributed by atoms with Crippen molar-refractivity contribution in [1.82, 2.24) is 0 Å². The first kappa shape index (κ1) is 15.9. The van der Waals surface area contributed by atoms with Gasteiger partial charge in [0.05, 0.1) is 13.2 Å². The zero-order valence-corrected chi connectivity index (χ0v) is 11.6. The van der Waals surface area contributed by atoms with Crippen LogP contribution in [0.5, 0.6) is 5.75 Å². The normalized spacial score (nSPS) is 13.9. The predicted molar refractivity (Wildman–Crippen MR) is 71.7 cm³/mol. The second-order valence-electron chi connectivity index (χ2n) is 4.03. The summed E-state index contributed by atoms with van der Waals surface area (Å²) in [7, 11) is 1.43. The van der Waals surface area contributed by atoms with Crippen LogP contribution >= 0.6 is 11.8 Å². The zero-order chi connectivity index (χ0) is 14.4. The Bertz CT molecular complexity index is 439. The van der Waals surface area contributed by atoms with E-state index in [1.807, 2.05) is 0 Å². The summed E-state index contributed by atoms with van der Waals surface area (Å²) in [6.45, 7) is 1.43. The second kappa shape index (κ2) is 7.47. The number of benzene rings is 1. The summed E-state index contributed by atoms with van der Waals surface area (Å²) in [5.41, 5.74) is -0.0142. The van der Waals surface area contributed by atoms with Crippen LogP contribution in [0.4, 0.5) is 4.39 Å². The van der Waals surface area contributed by atoms with Crippen LogP contribution in [-0.4, -0.2) is 34.3 Å². The Hall–Kier alpha value is -1.11. The largest absolute Gasteiger partial charge is 0.497 e. The van der Waals surface area contributed by atoms with E-state index in [0.717, 1.165) is 11.8 Å². The molecule has 1 aromatic carbocycles. The monoisotopic (exact) mass is 288 g/mol. The third-order valence-electron chi connectivity index (χ3n) is 2.61. The van der Waals surface area contributed by atoms with Gasteiger partial charge in [0, 0.05) is 18.2 Å². The molecule has 0 saturated heterocycles. The summed E-state index contributed by atoms with van der Waals surface area (Å²) in [4.78, 5) is 10.7. The molecule has 0 aliphatic carbocycles. The lowest BCUT2D eigenvalue weighted by Gasteiger charge is -2.19. The summed E-state index contributed by atoms with van der Waals surface area (Å²) in [6.07, 6.45) is -2.28. The molecule has 0 radical (unpaired) electrons. The first-order valence-corrected chi connectivity index (χ1v) is 6.77. The molecule has 106 valence electrons. The van der Waals surface area contributed by atoms with Crippen molar-refractivity contribution in [3.05, 3.63) is 29.6 Å². The number of aliphatic hydroxyl groups excluding tert-OH is 2. The highest BCUT2D eigenvalue weighted by Gasteiger charge is 2.22. The lowest BCUT2D eigenvalue weighted by molar-refractivity contribution is -0.109. The molecule has 0 amide bonds. The number of carbonyl (C=O) groups is 1. The third kappa shape index (κ3) is 4.81. The van der Waals surface area contributed by atoms with Gasteiger partial charge >= 0.3 is 0 Å². The van der Waals surface area contributed by atoms with Gasteiger partial charge in [-0.2, -0.15) is 0 Å². The van der Waals surface area contributed by atoms with Crippen molar-refractivity contribution in [2.45, 2.75) is 25.6 Å². The molecule has 0 aromatic heterocycles. The molecule has 0 bridgehead atoms. The number of halogens is 1. The molecule has 4 nitrogen and oxygen atoms in total. The highest BCUT2D eigenvalue weighted by Crippen LogP contribution is 2.26. The van der Waals surface area contributed by atoms with Crippen LogP contribution in [0.1, 0.15) is 25.0 Å². The van der Waals surface area contributed by atoms with Crippen LogP contribution in [0.15, 0.2) is 18.2 Å². The quantitative estimate of drug-likeness (QED) is 0.837. The van der Waals surface area contributed by atoms with E-state index in [-0.39, 0.29) is 17.1 Å². The Morgan fingerprint density at radius 1 is 1.47 bits per heavy atom. The van der Waals surface area contributed by atoms with Gasteiger partial charge in [0.2, 0.25) is 0 Å². The maximum Gasteiger partial charge on any atom is 0.185 e. The maximum absolute atomic E-state index is 13.6. The smallest absolute Gasteiger partial charge is 0.185 e. The minimum Gasteiger partial charge on any atom is -0.497 e. The van der Waals surface area contributed by atoms with Crippen molar-refractivity contribution in [3.63, 3.8) is 0 Å². The van der Waals surface area contributed by atoms with E-state index < -0.39 is 18.0 Å². The summed E-state index contributed by atoms with van der Waals surface area (Å²) in [6, 6.07) is 3.96. The van der Waals surface area contributed by atoms with E-state index in [0.29, 0.717) is 11.5 Å². The van der Waals surface area contributed by atoms with Crippen LogP contribution in [0.3, 0.4) is 0 Å². The zero-order valence-electron chi connectivity index (χ0n) is 10.8. The molecule has 0 heterocycles. The number of methoxy groups -OCH3 is 1. The fraction of sp³-hybridized carbons (Fsp3) is 0.462. The Labute approximate surface area is 115 Å². The van der Waals surface area contributed by atoms with Crippen molar-refractivity contribution >= 4 is 16.9 Å². The van der Waals surface area contributed by atoms with Crippen molar-refractivity contribution in [1.29, 1.82) is 0 Å². The van der Waals surface area contributed by atoms with Crippen LogP contribution in [0.2, 0.25) is 0 Å². The lowest BCUT2D eigenvalue weighted by Crippen LogP contribution is -2.20. The van der Waals surface area contributed by atoms with E-state index >= 15 is 0 Å². The summed E-state index contributed by atoms with van der Waals surface area (Å²) >= 11 is 1.06. The number of ether oxygens (including phenoxy) is 1. The molecule has 6 heteroatoms. The minimum atomic E-state index is -1.34. The molecular weight excluding hydrogens is 271 g/mol. The number of carbonyl (C=O) groups excluding carboxylic acids is 1. The van der Waals surface area contributed by atoms with E-state index in [4.69, 9.17) is 4.74 Å². The van der Waals surface area contributed by atoms with Crippen LogP contribution in [-0.2, 0) is 4.79 Å². The van der Waals surface area contributed by atoms with E-state index in [1.54, 1.807) is 0 Å². The van der Waals surface area contributed by atoms with E-state index in [1.165, 1.54) is 32.2 Å². The number of hydrogen-bond acceptors (Lipinski definition) is 5. The van der Waals surface area contributed by atoms with Crippen molar-refractivity contribution in [2.75, 3.05) is 12.9 Å². The fourth-order valence-corrected chi connectivity index (χ4v) is 2.21. The second-order valence-corrected chi connectivity index (χ2v) is 5.30. The van der Waals surface area contributed by atoms with Gasteiger partial charge in [-0.3, -0.25) is 4.79 Å². The molecule has 2 unspecified atom stereocenters. The molecule has 0 aliphatic rings. The van der Waals surface area contributed by atoms with Gasteiger partial charge in [-0.25, -0.2) is 4.39 Å². The van der Waals surface area contributed by atoms with Crippen molar-refractivity contribution in [2.24, 2.45) is 0 Å². The summed E-state index contributed by atoms with van der Waals surface area (Å²) in [5.74, 6) is 0.173. The van der Waals surface area contributed by atoms with Crippen LogP contribution in [0, 0.1) is 5.82 Å². The molecular formula is C13H17FO4S. The first-order chi connectivity index (χ1) is 8.95. The van der Waals surface area contributed by atoms with Gasteiger partial charge in [0.15, 0.2) is 5.12 Å². The van der Waals surface area contributed by atoms with E-state index in [2.05, 4.69) is 0 Å². The highest BCUT2D eigenvalue weighted by atomic mass is 32.2. The average molecular weight is 288 g/mol. The molecule has 2 N–H and O–H groups in total. The molecule has 19 heavy (non-hydrogen) atoms. The lowest BCUT2D eigenvalue weighted by atomic mass is 10.0. The molecule has 1 aromatic rings. The average Bonchev–Trinajstić information content (AvgIpc) is 2.38. The molecule has 1 rings (SSSR count). The fourth-order valence-electron chi connectivity index (χ4n) is 1.56. The number of aliphatic hydroxyl groups is 2.